The first-order valence-corrected chi connectivity index (χ1v) is 10.6. The maximum absolute atomic E-state index is 13.4. The monoisotopic (exact) mass is 577 g/mol. The van der Waals surface area contributed by atoms with E-state index in [9.17, 15) is 8.78 Å². The summed E-state index contributed by atoms with van der Waals surface area (Å²) in [7, 11) is 3.15. The van der Waals surface area contributed by atoms with Crippen molar-refractivity contribution >= 4 is 62.9 Å². The number of nitrogens with zero attached hydrogens (tertiary/aromatic N) is 2. The number of ether oxygens (including phenoxy) is 2. The highest BCUT2D eigenvalue weighted by Crippen LogP contribution is 2.39. The van der Waals surface area contributed by atoms with Crippen LogP contribution in [0.1, 0.15) is 0 Å². The van der Waals surface area contributed by atoms with E-state index in [4.69, 9.17) is 4.74 Å². The van der Waals surface area contributed by atoms with Crippen LogP contribution in [-0.4, -0.2) is 32.8 Å². The summed E-state index contributed by atoms with van der Waals surface area (Å²) in [5, 5.41) is 2.91. The van der Waals surface area contributed by atoms with Crippen LogP contribution in [0, 0.1) is 0 Å². The van der Waals surface area contributed by atoms with Gasteiger partial charge in [0.2, 0.25) is 0 Å². The van der Waals surface area contributed by atoms with Crippen LogP contribution in [0.3, 0.4) is 0 Å². The molecule has 2 rings (SSSR count). The molecule has 0 saturated carbocycles. The highest BCUT2D eigenvalue weighted by Gasteiger charge is 2.28. The van der Waals surface area contributed by atoms with Gasteiger partial charge in [-0.15, -0.1) is 0 Å². The molecule has 0 radical (unpaired) electrons. The van der Waals surface area contributed by atoms with Crippen LogP contribution in [0.15, 0.2) is 27.4 Å². The molecule has 0 aliphatic rings. The average molecular weight is 579 g/mol. The van der Waals surface area contributed by atoms with Gasteiger partial charge in [0.1, 0.15) is 26.4 Å². The molecule has 1 heterocycles. The predicted molar refractivity (Wildman–Crippen MR) is 106 cm³/mol. The number of methoxy groups -OCH3 is 1. The molecule has 0 fully saturated rings. The normalized spacial score (nSPS) is 11.2. The van der Waals surface area contributed by atoms with E-state index in [1.807, 2.05) is 0 Å². The second kappa shape index (κ2) is 8.00. The summed E-state index contributed by atoms with van der Waals surface area (Å²) in [6.45, 7) is 0. The Kier molecular flexibility index (Phi) is 6.48. The van der Waals surface area contributed by atoms with E-state index in [1.165, 1.54) is 19.2 Å². The summed E-state index contributed by atoms with van der Waals surface area (Å²) in [6.07, 6.45) is 0. The number of nitrogens with one attached hydrogen (secondary N) is 1. The maximum atomic E-state index is 13.4. The Morgan fingerprint density at radius 3 is 2.54 bits per heavy atom. The van der Waals surface area contributed by atoms with Gasteiger partial charge in [-0.05, 0) is 44.0 Å². The van der Waals surface area contributed by atoms with Crippen molar-refractivity contribution in [2.75, 3.05) is 19.5 Å². The van der Waals surface area contributed by atoms with Crippen LogP contribution in [0.2, 0.25) is 0 Å². The van der Waals surface area contributed by atoms with Gasteiger partial charge in [-0.3, -0.25) is 0 Å². The SMILES string of the molecule is C=IC(F)(F)Oc1ccc(-c2nc(NC)c(Br)nc2Br)c(OC)c1. The molecular formula is C14H12Br2F2IN3O2. The predicted octanol–water partition coefficient (Wildman–Crippen LogP) is 5.05. The lowest BCUT2D eigenvalue weighted by molar-refractivity contribution is -0.0693. The average Bonchev–Trinajstić information content (AvgIpc) is 2.55. The Bertz CT molecular complexity index is 778. The summed E-state index contributed by atoms with van der Waals surface area (Å²) in [5.74, 6) is 0.868. The lowest BCUT2D eigenvalue weighted by atomic mass is 10.1. The van der Waals surface area contributed by atoms with Crippen molar-refractivity contribution in [2.24, 2.45) is 0 Å². The molecule has 0 aliphatic heterocycles. The first kappa shape index (κ1) is 19.4. The van der Waals surface area contributed by atoms with Crippen molar-refractivity contribution in [1.82, 2.24) is 9.97 Å². The van der Waals surface area contributed by atoms with Crippen molar-refractivity contribution in [3.63, 3.8) is 0 Å². The molecule has 0 saturated heterocycles. The first-order chi connectivity index (χ1) is 11.3. The molecule has 1 aromatic carbocycles. The molecule has 0 atom stereocenters. The minimum absolute atomic E-state index is 0.000941. The largest absolute Gasteiger partial charge is 0.496 e. The minimum atomic E-state index is -3.23. The van der Waals surface area contributed by atoms with Crippen LogP contribution in [0.5, 0.6) is 11.5 Å². The molecule has 2 aromatic rings. The molecule has 0 spiro atoms. The van der Waals surface area contributed by atoms with Gasteiger partial charge in [0.25, 0.3) is 0 Å². The molecule has 130 valence electrons. The lowest BCUT2D eigenvalue weighted by Gasteiger charge is -2.16. The number of halogens is 5. The van der Waals surface area contributed by atoms with Gasteiger partial charge in [0.15, 0.2) is 5.82 Å². The van der Waals surface area contributed by atoms with E-state index in [0.29, 0.717) is 32.0 Å². The zero-order valence-electron chi connectivity index (χ0n) is 12.5. The highest BCUT2D eigenvalue weighted by atomic mass is 127. The Balaban J connectivity index is 2.50. The Morgan fingerprint density at radius 2 is 1.96 bits per heavy atom. The molecule has 0 amide bonds. The van der Waals surface area contributed by atoms with Crippen molar-refractivity contribution in [3.8, 4) is 22.8 Å². The summed E-state index contributed by atoms with van der Waals surface area (Å²) < 4.78 is 37.8. The van der Waals surface area contributed by atoms with E-state index in [0.717, 1.165) is 0 Å². The van der Waals surface area contributed by atoms with E-state index < -0.39 is 24.8 Å². The van der Waals surface area contributed by atoms with Crippen LogP contribution in [0.4, 0.5) is 14.6 Å². The van der Waals surface area contributed by atoms with Crippen LogP contribution < -0.4 is 14.8 Å². The van der Waals surface area contributed by atoms with Gasteiger partial charge < -0.3 is 14.8 Å². The minimum Gasteiger partial charge on any atom is -0.496 e. The fourth-order valence-electron chi connectivity index (χ4n) is 1.82. The number of alkyl halides is 3. The fourth-order valence-corrected chi connectivity index (χ4v) is 3.41. The molecule has 5 nitrogen and oxygen atoms in total. The Hall–Kier alpha value is -0.880. The first-order valence-electron chi connectivity index (χ1n) is 6.37. The van der Waals surface area contributed by atoms with E-state index in [1.54, 1.807) is 13.1 Å². The van der Waals surface area contributed by atoms with Gasteiger partial charge in [-0.1, -0.05) is 4.51 Å². The molecule has 0 bridgehead atoms. The molecule has 0 aliphatic carbocycles. The molecule has 1 aromatic heterocycles. The third-order valence-corrected chi connectivity index (χ3v) is 5.08. The maximum Gasteiger partial charge on any atom is 0.445 e. The number of hydrogen-bond acceptors (Lipinski definition) is 5. The standard InChI is InChI=1S/C14H12Br2F2IN3O2/c1-19-14(17,18)24-7-4-5-8(9(6-7)23-3)10-11(15)22-12(16)13(20-2)21-10/h4-6H,1H2,2-3H3,(H,20,21). The third-order valence-electron chi connectivity index (χ3n) is 2.86. The van der Waals surface area contributed by atoms with Crippen molar-refractivity contribution in [2.45, 2.75) is 4.12 Å². The zero-order valence-corrected chi connectivity index (χ0v) is 17.9. The van der Waals surface area contributed by atoms with Crippen molar-refractivity contribution < 1.29 is 18.3 Å². The van der Waals surface area contributed by atoms with Crippen LogP contribution >= 0.6 is 52.6 Å². The van der Waals surface area contributed by atoms with Gasteiger partial charge in [-0.25, -0.2) is 9.97 Å². The van der Waals surface area contributed by atoms with Crippen LogP contribution in [-0.2, 0) is 0 Å². The number of benzene rings is 1. The molecule has 1 N–H and O–H groups in total. The summed E-state index contributed by atoms with van der Waals surface area (Å²) >= 11 is 5.01. The molecule has 0 unspecified atom stereocenters. The number of aromatic nitrogens is 2. The summed E-state index contributed by atoms with van der Waals surface area (Å²) in [4.78, 5) is 8.74. The van der Waals surface area contributed by atoms with E-state index in [-0.39, 0.29) is 5.75 Å². The van der Waals surface area contributed by atoms with Crippen molar-refractivity contribution in [3.05, 3.63) is 27.4 Å². The Labute approximate surface area is 164 Å². The second-order valence-corrected chi connectivity index (χ2v) is 7.82. The fraction of sp³-hybridized carbons (Fsp3) is 0.214. The summed E-state index contributed by atoms with van der Waals surface area (Å²) in [6, 6.07) is 4.41. The Morgan fingerprint density at radius 1 is 1.25 bits per heavy atom. The van der Waals surface area contributed by atoms with Gasteiger partial charge >= 0.3 is 4.12 Å². The topological polar surface area (TPSA) is 56.3 Å². The van der Waals surface area contributed by atoms with Gasteiger partial charge in [0, 0.05) is 39.4 Å². The van der Waals surface area contributed by atoms with E-state index >= 15 is 0 Å². The van der Waals surface area contributed by atoms with Crippen molar-refractivity contribution in [1.29, 1.82) is 0 Å². The second-order valence-electron chi connectivity index (χ2n) is 4.30. The number of hydrogen-bond donors (Lipinski definition) is 1. The quantitative estimate of drug-likeness (QED) is 0.384. The number of rotatable bonds is 6. The third kappa shape index (κ3) is 4.39. The zero-order chi connectivity index (χ0) is 17.9. The molecule has 24 heavy (non-hydrogen) atoms. The summed E-state index contributed by atoms with van der Waals surface area (Å²) in [5.41, 5.74) is 1.09. The molecular weight excluding hydrogens is 567 g/mol. The van der Waals surface area contributed by atoms with Gasteiger partial charge in [-0.2, -0.15) is 8.78 Å². The lowest BCUT2D eigenvalue weighted by Crippen LogP contribution is -2.16. The highest BCUT2D eigenvalue weighted by molar-refractivity contribution is 14.2. The smallest absolute Gasteiger partial charge is 0.445 e. The number of anilines is 1. The van der Waals surface area contributed by atoms with Crippen LogP contribution in [0.25, 0.3) is 11.3 Å². The van der Waals surface area contributed by atoms with Gasteiger partial charge in [0.05, 0.1) is 7.11 Å². The van der Waals surface area contributed by atoms with E-state index in [2.05, 4.69) is 56.4 Å². The molecule has 10 heteroatoms.